The van der Waals surface area contributed by atoms with Crippen LogP contribution in [0.15, 0.2) is 18.2 Å². The van der Waals surface area contributed by atoms with Crippen LogP contribution in [-0.2, 0) is 4.74 Å². The Bertz CT molecular complexity index is 982. The van der Waals surface area contributed by atoms with E-state index in [2.05, 4.69) is 15.3 Å². The number of nitrogens with zero attached hydrogens (tertiary/aromatic N) is 2. The van der Waals surface area contributed by atoms with Crippen LogP contribution < -0.4 is 10.1 Å². The molecule has 2 aromatic heterocycles. The summed E-state index contributed by atoms with van der Waals surface area (Å²) in [5.41, 5.74) is 2.73. The Kier molecular flexibility index (Phi) is 5.08. The first kappa shape index (κ1) is 18.1. The summed E-state index contributed by atoms with van der Waals surface area (Å²) in [7, 11) is 1.63. The van der Waals surface area contributed by atoms with Gasteiger partial charge in [-0.05, 0) is 51.0 Å². The number of ether oxygens (including phenoxy) is 2. The zero-order valence-corrected chi connectivity index (χ0v) is 16.3. The Morgan fingerprint density at radius 1 is 1.23 bits per heavy atom. The molecule has 0 bridgehead atoms. The van der Waals surface area contributed by atoms with Crippen molar-refractivity contribution >= 4 is 39.0 Å². The molecule has 0 saturated heterocycles. The van der Waals surface area contributed by atoms with Crippen LogP contribution in [0.4, 0.5) is 11.5 Å². The van der Waals surface area contributed by atoms with Crippen LogP contribution in [-0.4, -0.2) is 29.7 Å². The van der Waals surface area contributed by atoms with Gasteiger partial charge in [-0.2, -0.15) is 0 Å². The zero-order chi connectivity index (χ0) is 18.8. The Morgan fingerprint density at radius 2 is 2.00 bits per heavy atom. The summed E-state index contributed by atoms with van der Waals surface area (Å²) >= 11 is 1.33. The molecule has 1 N–H and O–H groups in total. The third-order valence-corrected chi connectivity index (χ3v) is 5.14. The lowest BCUT2D eigenvalue weighted by Gasteiger charge is -2.13. The van der Waals surface area contributed by atoms with Crippen molar-refractivity contribution in [2.24, 2.45) is 0 Å². The molecule has 0 spiro atoms. The van der Waals surface area contributed by atoms with Gasteiger partial charge in [0.05, 0.1) is 24.8 Å². The van der Waals surface area contributed by atoms with Crippen LogP contribution in [0.1, 0.15) is 33.5 Å². The average molecular weight is 371 g/mol. The number of aryl methyl sites for hydroxylation is 3. The lowest BCUT2D eigenvalue weighted by atomic mass is 10.1. The summed E-state index contributed by atoms with van der Waals surface area (Å²) in [4.78, 5) is 22.6. The third kappa shape index (κ3) is 3.35. The van der Waals surface area contributed by atoms with Crippen LogP contribution in [0.5, 0.6) is 5.75 Å². The summed E-state index contributed by atoms with van der Waals surface area (Å²) < 4.78 is 10.6. The normalized spacial score (nSPS) is 10.8. The predicted molar refractivity (Wildman–Crippen MR) is 104 cm³/mol. The molecule has 26 heavy (non-hydrogen) atoms. The maximum Gasteiger partial charge on any atom is 0.348 e. The number of hydrogen-bond acceptors (Lipinski definition) is 7. The van der Waals surface area contributed by atoms with Crippen molar-refractivity contribution in [1.29, 1.82) is 0 Å². The van der Waals surface area contributed by atoms with Crippen molar-refractivity contribution in [2.75, 3.05) is 19.0 Å². The quantitative estimate of drug-likeness (QED) is 0.664. The number of aromatic nitrogens is 2. The van der Waals surface area contributed by atoms with Crippen molar-refractivity contribution in [3.05, 3.63) is 40.0 Å². The number of anilines is 2. The fourth-order valence-electron chi connectivity index (χ4n) is 2.77. The van der Waals surface area contributed by atoms with Gasteiger partial charge in [0.25, 0.3) is 0 Å². The molecule has 3 rings (SSSR count). The maximum atomic E-state index is 12.2. The second kappa shape index (κ2) is 7.29. The Labute approximate surface area is 156 Å². The number of fused-ring (bicyclic) bond motifs is 1. The molecular formula is C19H21N3O3S. The first-order chi connectivity index (χ1) is 12.4. The summed E-state index contributed by atoms with van der Waals surface area (Å²) in [6, 6.07) is 5.89. The summed E-state index contributed by atoms with van der Waals surface area (Å²) in [6.45, 7) is 7.87. The molecule has 0 fully saturated rings. The Balaban J connectivity index is 2.14. The highest BCUT2D eigenvalue weighted by atomic mass is 32.1. The molecule has 0 aliphatic heterocycles. The van der Waals surface area contributed by atoms with E-state index >= 15 is 0 Å². The molecule has 0 amide bonds. The molecule has 136 valence electrons. The monoisotopic (exact) mass is 371 g/mol. The van der Waals surface area contributed by atoms with Crippen molar-refractivity contribution in [1.82, 2.24) is 9.97 Å². The predicted octanol–water partition coefficient (Wildman–Crippen LogP) is 4.55. The number of thiophene rings is 1. The third-order valence-electron chi connectivity index (χ3n) is 3.97. The van der Waals surface area contributed by atoms with Gasteiger partial charge in [-0.25, -0.2) is 14.8 Å². The molecule has 0 saturated carbocycles. The van der Waals surface area contributed by atoms with E-state index in [1.807, 2.05) is 39.0 Å². The second-order valence-corrected chi connectivity index (χ2v) is 6.90. The number of methoxy groups -OCH3 is 1. The second-order valence-electron chi connectivity index (χ2n) is 5.90. The molecule has 0 aliphatic rings. The SMILES string of the molecule is CCOC(=O)c1sc2nc(C)nc(Nc3cc(C)ccc3OC)c2c1C. The summed E-state index contributed by atoms with van der Waals surface area (Å²) in [5.74, 6) is 1.67. The molecule has 7 heteroatoms. The molecule has 2 heterocycles. The number of nitrogens with one attached hydrogen (secondary N) is 1. The molecule has 0 atom stereocenters. The van der Waals surface area contributed by atoms with E-state index in [4.69, 9.17) is 9.47 Å². The van der Waals surface area contributed by atoms with Gasteiger partial charge in [0.1, 0.15) is 27.1 Å². The number of hydrogen-bond donors (Lipinski definition) is 1. The lowest BCUT2D eigenvalue weighted by Crippen LogP contribution is -2.04. The van der Waals surface area contributed by atoms with Crippen molar-refractivity contribution in [2.45, 2.75) is 27.7 Å². The number of esters is 1. The van der Waals surface area contributed by atoms with E-state index < -0.39 is 0 Å². The maximum absolute atomic E-state index is 12.2. The van der Waals surface area contributed by atoms with Crippen LogP contribution in [0, 0.1) is 20.8 Å². The summed E-state index contributed by atoms with van der Waals surface area (Å²) in [5, 5.41) is 4.18. The van der Waals surface area contributed by atoms with Crippen LogP contribution in [0.25, 0.3) is 10.2 Å². The van der Waals surface area contributed by atoms with E-state index in [9.17, 15) is 4.79 Å². The van der Waals surface area contributed by atoms with Gasteiger partial charge in [-0.1, -0.05) is 6.07 Å². The summed E-state index contributed by atoms with van der Waals surface area (Å²) in [6.07, 6.45) is 0. The number of carbonyl (C=O) groups excluding carboxylic acids is 1. The minimum absolute atomic E-state index is 0.329. The van der Waals surface area contributed by atoms with Gasteiger partial charge in [0.15, 0.2) is 0 Å². The first-order valence-electron chi connectivity index (χ1n) is 8.31. The van der Waals surface area contributed by atoms with Crippen molar-refractivity contribution < 1.29 is 14.3 Å². The molecule has 1 aromatic carbocycles. The molecule has 0 aliphatic carbocycles. The number of carbonyl (C=O) groups is 1. The van der Waals surface area contributed by atoms with E-state index in [1.165, 1.54) is 11.3 Å². The fraction of sp³-hybridized carbons (Fsp3) is 0.316. The van der Waals surface area contributed by atoms with E-state index in [0.29, 0.717) is 23.1 Å². The van der Waals surface area contributed by atoms with Gasteiger partial charge in [-0.3, -0.25) is 0 Å². The first-order valence-corrected chi connectivity index (χ1v) is 9.12. The standard InChI is InChI=1S/C19H21N3O3S/c1-6-25-19(23)16-11(3)15-17(20-12(4)21-18(15)26-16)22-13-9-10(2)7-8-14(13)24-5/h7-9H,6H2,1-5H3,(H,20,21,22). The van der Waals surface area contributed by atoms with Gasteiger partial charge in [0, 0.05) is 0 Å². The Morgan fingerprint density at radius 3 is 2.69 bits per heavy atom. The average Bonchev–Trinajstić information content (AvgIpc) is 2.92. The minimum Gasteiger partial charge on any atom is -0.495 e. The topological polar surface area (TPSA) is 73.3 Å². The van der Waals surface area contributed by atoms with Crippen LogP contribution >= 0.6 is 11.3 Å². The lowest BCUT2D eigenvalue weighted by molar-refractivity contribution is 0.0531. The van der Waals surface area contributed by atoms with E-state index in [-0.39, 0.29) is 5.97 Å². The van der Waals surface area contributed by atoms with Crippen molar-refractivity contribution in [3.8, 4) is 5.75 Å². The molecule has 0 radical (unpaired) electrons. The van der Waals surface area contributed by atoms with Crippen LogP contribution in [0.2, 0.25) is 0 Å². The zero-order valence-electron chi connectivity index (χ0n) is 15.5. The number of benzene rings is 1. The van der Waals surface area contributed by atoms with Crippen molar-refractivity contribution in [3.63, 3.8) is 0 Å². The van der Waals surface area contributed by atoms with Gasteiger partial charge >= 0.3 is 5.97 Å². The molecule has 3 aromatic rings. The van der Waals surface area contributed by atoms with Gasteiger partial charge in [-0.15, -0.1) is 11.3 Å². The highest BCUT2D eigenvalue weighted by Crippen LogP contribution is 2.37. The Hall–Kier alpha value is -2.67. The van der Waals surface area contributed by atoms with Crippen LogP contribution in [0.3, 0.4) is 0 Å². The molecule has 6 nitrogen and oxygen atoms in total. The van der Waals surface area contributed by atoms with E-state index in [0.717, 1.165) is 32.8 Å². The van der Waals surface area contributed by atoms with E-state index in [1.54, 1.807) is 14.0 Å². The minimum atomic E-state index is -0.329. The molecule has 0 unspecified atom stereocenters. The fourth-order valence-corrected chi connectivity index (χ4v) is 3.89. The highest BCUT2D eigenvalue weighted by Gasteiger charge is 2.21. The number of rotatable bonds is 5. The highest BCUT2D eigenvalue weighted by molar-refractivity contribution is 7.20. The largest absolute Gasteiger partial charge is 0.495 e. The van der Waals surface area contributed by atoms with Gasteiger partial charge < -0.3 is 14.8 Å². The molecular weight excluding hydrogens is 350 g/mol. The smallest absolute Gasteiger partial charge is 0.348 e. The van der Waals surface area contributed by atoms with Gasteiger partial charge in [0.2, 0.25) is 0 Å².